The van der Waals surface area contributed by atoms with E-state index >= 15 is 0 Å². The second kappa shape index (κ2) is 1.63. The summed E-state index contributed by atoms with van der Waals surface area (Å²) in [5, 5.41) is 15.3. The minimum absolute atomic E-state index is 0.883. The maximum Gasteiger partial charge on any atom is 0.399 e. The molecule has 0 bridgehead atoms. The first-order valence-electron chi connectivity index (χ1n) is 1.50. The number of aliphatic hydroxyl groups is 1. The monoisotopic (exact) mass is 125 g/mol. The highest BCUT2D eigenvalue weighted by Gasteiger charge is 2.29. The molecule has 42 valence electrons. The van der Waals surface area contributed by atoms with Crippen LogP contribution in [0.25, 0.3) is 0 Å². The van der Waals surface area contributed by atoms with E-state index in [1.807, 2.05) is 0 Å². The molecule has 0 aromatic heterocycles. The van der Waals surface area contributed by atoms with Crippen molar-refractivity contribution in [3.8, 4) is 0 Å². The summed E-state index contributed by atoms with van der Waals surface area (Å²) in [6.45, 7) is 0.883. The number of hydrogen-bond donors (Lipinski definition) is 1. The van der Waals surface area contributed by atoms with Gasteiger partial charge in [-0.05, 0) is 11.6 Å². The van der Waals surface area contributed by atoms with Crippen LogP contribution in [0.5, 0.6) is 0 Å². The largest absolute Gasteiger partial charge is 0.399 e. The quantitative estimate of drug-likeness (QED) is 0.179. The van der Waals surface area contributed by atoms with Gasteiger partial charge in [-0.25, -0.2) is 0 Å². The van der Waals surface area contributed by atoms with Crippen LogP contribution in [0.4, 0.5) is 0 Å². The van der Waals surface area contributed by atoms with Crippen molar-refractivity contribution in [1.29, 1.82) is 0 Å². The second-order valence-electron chi connectivity index (χ2n) is 1.16. The molecule has 0 saturated heterocycles. The van der Waals surface area contributed by atoms with Crippen molar-refractivity contribution in [2.24, 2.45) is 0 Å². The Bertz CT molecular complexity index is 85.4. The molecule has 0 aliphatic heterocycles. The fraction of sp³-hybridized carbons (Fsp3) is 1.00. The molecule has 0 amide bonds. The van der Waals surface area contributed by atoms with E-state index in [0.717, 1.165) is 6.92 Å². The van der Waals surface area contributed by atoms with E-state index in [-0.39, 0.29) is 0 Å². The molecule has 1 N–H and O–H groups in total. The second-order valence-corrected chi connectivity index (χ2v) is 1.88. The third-order valence-electron chi connectivity index (χ3n) is 0.333. The molecule has 0 aromatic rings. The van der Waals surface area contributed by atoms with E-state index in [2.05, 4.69) is 0 Å². The zero-order valence-electron chi connectivity index (χ0n) is 3.59. The molecule has 0 spiro atoms. The van der Waals surface area contributed by atoms with Gasteiger partial charge in [0, 0.05) is 0 Å². The summed E-state index contributed by atoms with van der Waals surface area (Å²) in [5.74, 6) is 0. The summed E-state index contributed by atoms with van der Waals surface area (Å²) >= 11 is 4.72. The van der Waals surface area contributed by atoms with Gasteiger partial charge in [-0.15, -0.1) is 0 Å². The van der Waals surface area contributed by atoms with Gasteiger partial charge in [-0.2, -0.15) is 0 Å². The number of nitrogens with zero attached hydrogens (tertiary/aromatic N) is 1. The van der Waals surface area contributed by atoms with Gasteiger partial charge >= 0.3 is 5.18 Å². The average molecular weight is 126 g/mol. The Balaban J connectivity index is 3.79. The molecule has 0 heterocycles. The van der Waals surface area contributed by atoms with Crippen LogP contribution in [0.3, 0.4) is 0 Å². The summed E-state index contributed by atoms with van der Waals surface area (Å²) in [5.41, 5.74) is 0. The molecular formula is C2H4ClNO3. The van der Waals surface area contributed by atoms with Crippen LogP contribution in [-0.4, -0.2) is 15.2 Å². The Labute approximate surface area is 44.9 Å². The number of rotatable bonds is 1. The standard InChI is InChI=1S/C2H4ClNO3/c1-2(3,5)4(6)7/h5H,1H3. The Morgan fingerprint density at radius 1 is 2.00 bits per heavy atom. The van der Waals surface area contributed by atoms with E-state index < -0.39 is 10.1 Å². The van der Waals surface area contributed by atoms with Gasteiger partial charge in [0.25, 0.3) is 0 Å². The SMILES string of the molecule is CC(O)(Cl)[N+](=O)[O-]. The highest BCUT2D eigenvalue weighted by molar-refractivity contribution is 6.21. The zero-order valence-corrected chi connectivity index (χ0v) is 4.34. The Morgan fingerprint density at radius 3 is 2.14 bits per heavy atom. The number of alkyl halides is 1. The van der Waals surface area contributed by atoms with Crippen molar-refractivity contribution in [1.82, 2.24) is 0 Å². The molecule has 0 saturated carbocycles. The van der Waals surface area contributed by atoms with E-state index in [9.17, 15) is 10.1 Å². The summed E-state index contributed by atoms with van der Waals surface area (Å²) in [6, 6.07) is 0. The molecule has 0 fully saturated rings. The van der Waals surface area contributed by atoms with Crippen LogP contribution in [0.15, 0.2) is 0 Å². The van der Waals surface area contributed by atoms with Gasteiger partial charge < -0.3 is 5.11 Å². The van der Waals surface area contributed by atoms with E-state index in [1.54, 1.807) is 0 Å². The van der Waals surface area contributed by atoms with Crippen molar-refractivity contribution in [3.63, 3.8) is 0 Å². The van der Waals surface area contributed by atoms with Gasteiger partial charge in [0.05, 0.1) is 11.8 Å². The number of halogens is 1. The first kappa shape index (κ1) is 6.65. The van der Waals surface area contributed by atoms with Crippen LogP contribution in [0, 0.1) is 10.1 Å². The molecule has 0 radical (unpaired) electrons. The molecule has 1 unspecified atom stereocenters. The van der Waals surface area contributed by atoms with Crippen LogP contribution in [0.1, 0.15) is 6.92 Å². The van der Waals surface area contributed by atoms with Gasteiger partial charge in [-0.3, -0.25) is 10.1 Å². The van der Waals surface area contributed by atoms with Crippen molar-refractivity contribution >= 4 is 11.6 Å². The normalized spacial score (nSPS) is 18.1. The summed E-state index contributed by atoms with van der Waals surface area (Å²) in [6.07, 6.45) is 0. The van der Waals surface area contributed by atoms with Gasteiger partial charge in [0.15, 0.2) is 0 Å². The summed E-state index contributed by atoms with van der Waals surface area (Å²) in [4.78, 5) is 8.45. The molecule has 0 rings (SSSR count). The smallest absolute Gasteiger partial charge is 0.318 e. The fourth-order valence-electron chi connectivity index (χ4n) is 0. The van der Waals surface area contributed by atoms with Gasteiger partial charge in [-0.1, -0.05) is 0 Å². The Morgan fingerprint density at radius 2 is 2.14 bits per heavy atom. The highest BCUT2D eigenvalue weighted by atomic mass is 35.5. The van der Waals surface area contributed by atoms with E-state index in [4.69, 9.17) is 16.7 Å². The first-order valence-corrected chi connectivity index (χ1v) is 1.88. The Kier molecular flexibility index (Phi) is 1.55. The third kappa shape index (κ3) is 2.36. The molecule has 1 atom stereocenters. The minimum Gasteiger partial charge on any atom is -0.318 e. The van der Waals surface area contributed by atoms with Crippen LogP contribution < -0.4 is 0 Å². The molecule has 5 heteroatoms. The summed E-state index contributed by atoms with van der Waals surface area (Å²) in [7, 11) is 0. The van der Waals surface area contributed by atoms with E-state index in [0.29, 0.717) is 0 Å². The highest BCUT2D eigenvalue weighted by Crippen LogP contribution is 2.07. The average Bonchev–Trinajstić information content (AvgIpc) is 1.31. The number of hydrogen-bond acceptors (Lipinski definition) is 3. The van der Waals surface area contributed by atoms with Crippen molar-refractivity contribution in [2.75, 3.05) is 0 Å². The minimum atomic E-state index is -2.31. The van der Waals surface area contributed by atoms with Gasteiger partial charge in [0.2, 0.25) is 0 Å². The maximum absolute atomic E-state index is 9.44. The van der Waals surface area contributed by atoms with Crippen LogP contribution >= 0.6 is 11.6 Å². The lowest BCUT2D eigenvalue weighted by molar-refractivity contribution is -0.587. The molecule has 0 aliphatic rings. The topological polar surface area (TPSA) is 63.4 Å². The molecule has 0 aliphatic carbocycles. The molecular weight excluding hydrogens is 121 g/mol. The maximum atomic E-state index is 9.44. The molecule has 0 aromatic carbocycles. The lowest BCUT2D eigenvalue weighted by Crippen LogP contribution is -2.26. The Hall–Kier alpha value is -0.350. The molecule has 7 heavy (non-hydrogen) atoms. The van der Waals surface area contributed by atoms with Crippen molar-refractivity contribution < 1.29 is 10.0 Å². The van der Waals surface area contributed by atoms with Crippen LogP contribution in [-0.2, 0) is 0 Å². The van der Waals surface area contributed by atoms with E-state index in [1.165, 1.54) is 0 Å². The third-order valence-corrected chi connectivity index (χ3v) is 0.471. The predicted octanol–water partition coefficient (Wildman–Crippen LogP) is 0.168. The predicted molar refractivity (Wildman–Crippen MR) is 23.5 cm³/mol. The molecule has 4 nitrogen and oxygen atoms in total. The first-order chi connectivity index (χ1) is 2.94. The summed E-state index contributed by atoms with van der Waals surface area (Å²) < 4.78 is 0. The van der Waals surface area contributed by atoms with Crippen molar-refractivity contribution in [2.45, 2.75) is 12.1 Å². The zero-order chi connectivity index (χ0) is 6.08. The lowest BCUT2D eigenvalue weighted by atomic mass is 10.7. The fourth-order valence-corrected chi connectivity index (χ4v) is 0. The lowest BCUT2D eigenvalue weighted by Gasteiger charge is -2.00. The number of nitro groups is 1. The van der Waals surface area contributed by atoms with Crippen LogP contribution in [0.2, 0.25) is 0 Å². The van der Waals surface area contributed by atoms with Crippen molar-refractivity contribution in [3.05, 3.63) is 10.1 Å². The van der Waals surface area contributed by atoms with Gasteiger partial charge in [0.1, 0.15) is 0 Å².